The number of benzene rings is 1. The summed E-state index contributed by atoms with van der Waals surface area (Å²) in [6.45, 7) is 9.36. The van der Waals surface area contributed by atoms with Gasteiger partial charge >= 0.3 is 0 Å². The Morgan fingerprint density at radius 1 is 1.27 bits per heavy atom. The Bertz CT molecular complexity index is 730. The van der Waals surface area contributed by atoms with E-state index in [1.807, 2.05) is 6.07 Å². The van der Waals surface area contributed by atoms with Crippen molar-refractivity contribution in [1.29, 1.82) is 0 Å². The number of hydrogen-bond acceptors (Lipinski definition) is 3. The summed E-state index contributed by atoms with van der Waals surface area (Å²) in [5.74, 6) is 2.21. The van der Waals surface area contributed by atoms with Gasteiger partial charge in [0.05, 0.1) is 28.3 Å². The fraction of sp³-hybridized carbons (Fsp3) is 0.619. The SMILES string of the molecule is C[C@@H]1C[C@@H](C)C[NH+](CC(=O)N2CCC[C@H](c3nc4ccccc4s3)C2)C1. The van der Waals surface area contributed by atoms with E-state index in [0.717, 1.165) is 56.4 Å². The van der Waals surface area contributed by atoms with Gasteiger partial charge in [-0.25, -0.2) is 4.98 Å². The summed E-state index contributed by atoms with van der Waals surface area (Å²) in [5.41, 5.74) is 1.09. The fourth-order valence-electron chi connectivity index (χ4n) is 4.86. The maximum absolute atomic E-state index is 12.9. The van der Waals surface area contributed by atoms with E-state index in [-0.39, 0.29) is 0 Å². The maximum atomic E-state index is 12.9. The van der Waals surface area contributed by atoms with Crippen LogP contribution in [0.15, 0.2) is 24.3 Å². The lowest BCUT2D eigenvalue weighted by molar-refractivity contribution is -0.904. The first kappa shape index (κ1) is 17.9. The lowest BCUT2D eigenvalue weighted by atomic mass is 9.92. The van der Waals surface area contributed by atoms with Crippen molar-refractivity contribution < 1.29 is 9.69 Å². The van der Waals surface area contributed by atoms with Gasteiger partial charge in [0.2, 0.25) is 0 Å². The molecule has 4 nitrogen and oxygen atoms in total. The summed E-state index contributed by atoms with van der Waals surface area (Å²) < 4.78 is 1.26. The van der Waals surface area contributed by atoms with Gasteiger partial charge in [-0.3, -0.25) is 4.79 Å². The molecule has 1 aromatic heterocycles. The van der Waals surface area contributed by atoms with Gasteiger partial charge in [0.15, 0.2) is 6.54 Å². The molecule has 1 amide bonds. The number of piperidine rings is 2. The van der Waals surface area contributed by atoms with E-state index in [1.165, 1.54) is 21.0 Å². The Balaban J connectivity index is 1.40. The molecule has 0 bridgehead atoms. The Kier molecular flexibility index (Phi) is 5.28. The van der Waals surface area contributed by atoms with Gasteiger partial charge in [0, 0.05) is 30.8 Å². The molecule has 0 aliphatic carbocycles. The van der Waals surface area contributed by atoms with Gasteiger partial charge in [0.25, 0.3) is 5.91 Å². The number of carbonyl (C=O) groups is 1. The molecule has 2 aliphatic rings. The van der Waals surface area contributed by atoms with E-state index >= 15 is 0 Å². The van der Waals surface area contributed by atoms with Crippen LogP contribution in [-0.2, 0) is 4.79 Å². The third kappa shape index (κ3) is 3.94. The number of para-hydroxylation sites is 1. The summed E-state index contributed by atoms with van der Waals surface area (Å²) in [5, 5.41) is 1.20. The molecule has 3 atom stereocenters. The average molecular weight is 373 g/mol. The number of likely N-dealkylation sites (tertiary alicyclic amines) is 2. The number of quaternary nitrogens is 1. The van der Waals surface area contributed by atoms with Crippen molar-refractivity contribution in [3.63, 3.8) is 0 Å². The molecule has 1 N–H and O–H groups in total. The number of fused-ring (bicyclic) bond motifs is 1. The molecule has 4 rings (SSSR count). The van der Waals surface area contributed by atoms with Crippen LogP contribution < -0.4 is 4.90 Å². The van der Waals surface area contributed by atoms with Gasteiger partial charge in [0.1, 0.15) is 0 Å². The molecule has 3 heterocycles. The topological polar surface area (TPSA) is 37.6 Å². The highest BCUT2D eigenvalue weighted by atomic mass is 32.1. The summed E-state index contributed by atoms with van der Waals surface area (Å²) in [4.78, 5) is 21.3. The Morgan fingerprint density at radius 3 is 2.81 bits per heavy atom. The highest BCUT2D eigenvalue weighted by Gasteiger charge is 2.31. The van der Waals surface area contributed by atoms with Gasteiger partial charge in [-0.15, -0.1) is 11.3 Å². The third-order valence-electron chi connectivity index (χ3n) is 5.91. The van der Waals surface area contributed by atoms with Gasteiger partial charge in [-0.1, -0.05) is 26.0 Å². The van der Waals surface area contributed by atoms with E-state index in [0.29, 0.717) is 18.4 Å². The normalized spacial score (nSPS) is 29.8. The monoisotopic (exact) mass is 372 g/mol. The summed E-state index contributed by atoms with van der Waals surface area (Å²) >= 11 is 1.80. The molecule has 2 saturated heterocycles. The van der Waals surface area contributed by atoms with E-state index in [4.69, 9.17) is 4.98 Å². The first-order valence-electron chi connectivity index (χ1n) is 10.1. The second kappa shape index (κ2) is 7.65. The van der Waals surface area contributed by atoms with E-state index in [2.05, 4.69) is 36.9 Å². The first-order chi connectivity index (χ1) is 12.6. The molecule has 140 valence electrons. The van der Waals surface area contributed by atoms with Crippen LogP contribution in [0.4, 0.5) is 0 Å². The Morgan fingerprint density at radius 2 is 2.04 bits per heavy atom. The second-order valence-corrected chi connectivity index (χ2v) is 9.54. The van der Waals surface area contributed by atoms with Crippen molar-refractivity contribution >= 4 is 27.5 Å². The van der Waals surface area contributed by atoms with Crippen LogP contribution in [0, 0.1) is 11.8 Å². The molecule has 1 aromatic carbocycles. The smallest absolute Gasteiger partial charge is 0.277 e. The fourth-order valence-corrected chi connectivity index (χ4v) is 5.96. The van der Waals surface area contributed by atoms with Crippen LogP contribution in [0.5, 0.6) is 0 Å². The van der Waals surface area contributed by atoms with Crippen LogP contribution in [0.2, 0.25) is 0 Å². The molecule has 0 spiro atoms. The number of hydrogen-bond donors (Lipinski definition) is 1. The van der Waals surface area contributed by atoms with Crippen LogP contribution in [0.25, 0.3) is 10.2 Å². The molecule has 5 heteroatoms. The molecule has 0 radical (unpaired) electrons. The Labute approximate surface area is 160 Å². The summed E-state index contributed by atoms with van der Waals surface area (Å²) in [7, 11) is 0. The molecule has 0 saturated carbocycles. The van der Waals surface area contributed by atoms with Crippen molar-refractivity contribution in [1.82, 2.24) is 9.88 Å². The van der Waals surface area contributed by atoms with Gasteiger partial charge in [-0.2, -0.15) is 0 Å². The standard InChI is InChI=1S/C21H29N3OS/c1-15-10-16(2)12-23(11-15)14-20(25)24-9-5-6-17(13-24)21-22-18-7-3-4-8-19(18)26-21/h3-4,7-8,15-17H,5-6,9-14H2,1-2H3/p+1/t15-,16-,17+/m1/s1. The minimum absolute atomic E-state index is 0.340. The van der Waals surface area contributed by atoms with Crippen LogP contribution in [0.3, 0.4) is 0 Å². The van der Waals surface area contributed by atoms with Crippen molar-refractivity contribution in [2.24, 2.45) is 11.8 Å². The summed E-state index contributed by atoms with van der Waals surface area (Å²) in [6.07, 6.45) is 3.55. The van der Waals surface area contributed by atoms with E-state index in [9.17, 15) is 4.79 Å². The first-order valence-corrected chi connectivity index (χ1v) is 10.9. The van der Waals surface area contributed by atoms with Crippen molar-refractivity contribution in [2.75, 3.05) is 32.7 Å². The quantitative estimate of drug-likeness (QED) is 0.899. The Hall–Kier alpha value is -1.46. The molecule has 2 aliphatic heterocycles. The number of nitrogens with zero attached hydrogens (tertiary/aromatic N) is 2. The zero-order valence-electron chi connectivity index (χ0n) is 15.9. The van der Waals surface area contributed by atoms with E-state index in [1.54, 1.807) is 11.3 Å². The lowest BCUT2D eigenvalue weighted by Crippen LogP contribution is -3.15. The lowest BCUT2D eigenvalue weighted by Gasteiger charge is -2.35. The van der Waals surface area contributed by atoms with Crippen molar-refractivity contribution in [3.05, 3.63) is 29.3 Å². The highest BCUT2D eigenvalue weighted by molar-refractivity contribution is 7.18. The molecule has 26 heavy (non-hydrogen) atoms. The van der Waals surface area contributed by atoms with Gasteiger partial charge in [-0.05, 0) is 31.4 Å². The van der Waals surface area contributed by atoms with E-state index < -0.39 is 0 Å². The number of thiazole rings is 1. The van der Waals surface area contributed by atoms with Crippen LogP contribution >= 0.6 is 11.3 Å². The number of nitrogens with one attached hydrogen (secondary N) is 1. The molecular formula is C21H30N3OS+. The molecule has 2 aromatic rings. The van der Waals surface area contributed by atoms with Gasteiger partial charge < -0.3 is 9.80 Å². The minimum Gasteiger partial charge on any atom is -0.337 e. The van der Waals surface area contributed by atoms with Crippen LogP contribution in [-0.4, -0.2) is 48.5 Å². The highest BCUT2D eigenvalue weighted by Crippen LogP contribution is 2.32. The number of rotatable bonds is 3. The van der Waals surface area contributed by atoms with Crippen molar-refractivity contribution in [2.45, 2.75) is 39.0 Å². The predicted octanol–water partition coefficient (Wildman–Crippen LogP) is 2.56. The van der Waals surface area contributed by atoms with Crippen molar-refractivity contribution in [3.8, 4) is 0 Å². The second-order valence-electron chi connectivity index (χ2n) is 8.48. The number of carbonyl (C=O) groups excluding carboxylic acids is 1. The molecular weight excluding hydrogens is 342 g/mol. The summed E-state index contributed by atoms with van der Waals surface area (Å²) in [6, 6.07) is 8.35. The minimum atomic E-state index is 0.340. The number of aromatic nitrogens is 1. The van der Waals surface area contributed by atoms with Crippen LogP contribution in [0.1, 0.15) is 44.0 Å². The number of amides is 1. The average Bonchev–Trinajstić information content (AvgIpc) is 3.05. The zero-order chi connectivity index (χ0) is 18.1. The predicted molar refractivity (Wildman–Crippen MR) is 107 cm³/mol. The maximum Gasteiger partial charge on any atom is 0.277 e. The third-order valence-corrected chi connectivity index (χ3v) is 7.11. The molecule has 2 fully saturated rings. The zero-order valence-corrected chi connectivity index (χ0v) is 16.7. The largest absolute Gasteiger partial charge is 0.337 e. The molecule has 0 unspecified atom stereocenters.